The van der Waals surface area contributed by atoms with Crippen LogP contribution in [0, 0.1) is 0 Å². The number of hydrogen-bond donors (Lipinski definition) is 0. The summed E-state index contributed by atoms with van der Waals surface area (Å²) in [6.45, 7) is 8.18. The van der Waals surface area contributed by atoms with Crippen molar-refractivity contribution in [1.82, 2.24) is 14.7 Å². The molecule has 5 nitrogen and oxygen atoms in total. The first-order valence-corrected chi connectivity index (χ1v) is 8.78. The monoisotopic (exact) mass is 321 g/mol. The first-order chi connectivity index (χ1) is 10.6. The molecule has 1 saturated heterocycles. The Morgan fingerprint density at radius 2 is 1.86 bits per heavy atom. The number of thiophene rings is 1. The van der Waals surface area contributed by atoms with Crippen molar-refractivity contribution in [2.24, 2.45) is 0 Å². The van der Waals surface area contributed by atoms with Gasteiger partial charge in [0, 0.05) is 51.1 Å². The molecule has 1 aromatic heterocycles. The van der Waals surface area contributed by atoms with Crippen LogP contribution in [-0.4, -0.2) is 65.3 Å². The number of hydrogen-bond acceptors (Lipinski definition) is 4. The van der Waals surface area contributed by atoms with E-state index in [1.807, 2.05) is 16.7 Å². The molecule has 2 amide bonds. The van der Waals surface area contributed by atoms with Gasteiger partial charge in [-0.3, -0.25) is 14.5 Å². The van der Waals surface area contributed by atoms with Crippen LogP contribution >= 0.6 is 11.3 Å². The van der Waals surface area contributed by atoms with Crippen LogP contribution in [-0.2, 0) is 22.6 Å². The quantitative estimate of drug-likeness (QED) is 0.822. The Hall–Kier alpha value is -1.40. The lowest BCUT2D eigenvalue weighted by molar-refractivity contribution is -0.139. The second kappa shape index (κ2) is 6.38. The third-order valence-electron chi connectivity index (χ3n) is 4.78. The molecule has 1 atom stereocenters. The summed E-state index contributed by atoms with van der Waals surface area (Å²) in [7, 11) is 0. The van der Waals surface area contributed by atoms with E-state index in [1.165, 1.54) is 10.4 Å². The highest BCUT2D eigenvalue weighted by Gasteiger charge is 2.30. The van der Waals surface area contributed by atoms with Crippen molar-refractivity contribution < 1.29 is 9.59 Å². The Kier molecular flexibility index (Phi) is 4.49. The molecule has 3 rings (SSSR count). The largest absolute Gasteiger partial charge is 0.340 e. The molecule has 0 spiro atoms. The lowest BCUT2D eigenvalue weighted by Crippen LogP contribution is -2.55. The van der Waals surface area contributed by atoms with Gasteiger partial charge in [-0.25, -0.2) is 0 Å². The van der Waals surface area contributed by atoms with Gasteiger partial charge in [0.25, 0.3) is 0 Å². The van der Waals surface area contributed by atoms with Crippen LogP contribution in [0.5, 0.6) is 0 Å². The molecule has 3 heterocycles. The highest BCUT2D eigenvalue weighted by Crippen LogP contribution is 2.24. The fraction of sp³-hybridized carbons (Fsp3) is 0.625. The number of carbonyl (C=O) groups excluding carboxylic acids is 2. The fourth-order valence-corrected chi connectivity index (χ4v) is 4.17. The fourth-order valence-electron chi connectivity index (χ4n) is 3.28. The smallest absolute Gasteiger partial charge is 0.239 e. The van der Waals surface area contributed by atoms with Gasteiger partial charge in [-0.15, -0.1) is 11.3 Å². The van der Waals surface area contributed by atoms with E-state index in [-0.39, 0.29) is 17.9 Å². The number of carbonyl (C=O) groups is 2. The average Bonchev–Trinajstić information content (AvgIpc) is 3.01. The van der Waals surface area contributed by atoms with E-state index in [0.717, 1.165) is 45.7 Å². The van der Waals surface area contributed by atoms with Crippen molar-refractivity contribution in [1.29, 1.82) is 0 Å². The summed E-state index contributed by atoms with van der Waals surface area (Å²) in [6.07, 6.45) is 0.976. The van der Waals surface area contributed by atoms with Crippen molar-refractivity contribution in [2.75, 3.05) is 32.7 Å². The lowest BCUT2D eigenvalue weighted by atomic mass is 10.1. The van der Waals surface area contributed by atoms with Crippen molar-refractivity contribution in [3.63, 3.8) is 0 Å². The maximum absolute atomic E-state index is 12.8. The van der Waals surface area contributed by atoms with Gasteiger partial charge in [0.2, 0.25) is 11.8 Å². The molecule has 0 saturated carbocycles. The van der Waals surface area contributed by atoms with Crippen LogP contribution in [0.15, 0.2) is 11.4 Å². The highest BCUT2D eigenvalue weighted by atomic mass is 32.1. The minimum Gasteiger partial charge on any atom is -0.340 e. The van der Waals surface area contributed by atoms with Gasteiger partial charge in [-0.1, -0.05) is 0 Å². The molecular formula is C16H23N3O2S. The van der Waals surface area contributed by atoms with Crippen LogP contribution in [0.2, 0.25) is 0 Å². The summed E-state index contributed by atoms with van der Waals surface area (Å²) < 4.78 is 0. The molecule has 2 aliphatic rings. The number of rotatable bonds is 2. The van der Waals surface area contributed by atoms with E-state index >= 15 is 0 Å². The van der Waals surface area contributed by atoms with E-state index in [1.54, 1.807) is 18.3 Å². The van der Waals surface area contributed by atoms with Crippen molar-refractivity contribution in [3.8, 4) is 0 Å². The molecule has 0 bridgehead atoms. The summed E-state index contributed by atoms with van der Waals surface area (Å²) in [6, 6.07) is 2.03. The lowest BCUT2D eigenvalue weighted by Gasteiger charge is -2.39. The van der Waals surface area contributed by atoms with Gasteiger partial charge in [-0.2, -0.15) is 0 Å². The molecule has 1 fully saturated rings. The number of fused-ring (bicyclic) bond motifs is 1. The Balaban J connectivity index is 1.58. The summed E-state index contributed by atoms with van der Waals surface area (Å²) in [5.41, 5.74) is 1.30. The zero-order valence-corrected chi connectivity index (χ0v) is 14.1. The Labute approximate surface area is 135 Å². The van der Waals surface area contributed by atoms with Gasteiger partial charge in [-0.05, 0) is 30.4 Å². The van der Waals surface area contributed by atoms with Gasteiger partial charge >= 0.3 is 0 Å². The topological polar surface area (TPSA) is 43.9 Å². The van der Waals surface area contributed by atoms with E-state index < -0.39 is 0 Å². The molecule has 6 heteroatoms. The van der Waals surface area contributed by atoms with E-state index in [0.29, 0.717) is 0 Å². The van der Waals surface area contributed by atoms with E-state index in [9.17, 15) is 9.59 Å². The maximum Gasteiger partial charge on any atom is 0.239 e. The summed E-state index contributed by atoms with van der Waals surface area (Å²) in [5, 5.41) is 2.11. The number of amides is 2. The van der Waals surface area contributed by atoms with Crippen molar-refractivity contribution in [2.45, 2.75) is 32.9 Å². The Morgan fingerprint density at radius 1 is 1.14 bits per heavy atom. The summed E-state index contributed by atoms with van der Waals surface area (Å²) >= 11 is 1.79. The molecule has 120 valence electrons. The minimum atomic E-state index is -0.103. The first-order valence-electron chi connectivity index (χ1n) is 7.90. The molecule has 0 N–H and O–H groups in total. The normalized spacial score (nSPS) is 20.6. The molecule has 0 aromatic carbocycles. The zero-order valence-electron chi connectivity index (χ0n) is 13.2. The predicted molar refractivity (Wildman–Crippen MR) is 86.7 cm³/mol. The summed E-state index contributed by atoms with van der Waals surface area (Å²) in [4.78, 5) is 31.6. The zero-order chi connectivity index (χ0) is 15.7. The molecule has 22 heavy (non-hydrogen) atoms. The van der Waals surface area contributed by atoms with E-state index in [2.05, 4.69) is 16.3 Å². The minimum absolute atomic E-state index is 0.103. The van der Waals surface area contributed by atoms with Gasteiger partial charge in [0.1, 0.15) is 0 Å². The van der Waals surface area contributed by atoms with Crippen LogP contribution < -0.4 is 0 Å². The SMILES string of the molecule is CC(=O)N1CCN([C@H](C)C(=O)N2CCc3sccc3C2)CC1. The van der Waals surface area contributed by atoms with Gasteiger partial charge in [0.05, 0.1) is 6.04 Å². The van der Waals surface area contributed by atoms with Gasteiger partial charge < -0.3 is 9.80 Å². The van der Waals surface area contributed by atoms with E-state index in [4.69, 9.17) is 0 Å². The third-order valence-corrected chi connectivity index (χ3v) is 5.81. The molecule has 0 unspecified atom stereocenters. The second-order valence-electron chi connectivity index (χ2n) is 6.10. The van der Waals surface area contributed by atoms with Crippen LogP contribution in [0.3, 0.4) is 0 Å². The van der Waals surface area contributed by atoms with Gasteiger partial charge in [0.15, 0.2) is 0 Å². The van der Waals surface area contributed by atoms with Crippen LogP contribution in [0.1, 0.15) is 24.3 Å². The second-order valence-corrected chi connectivity index (χ2v) is 7.10. The summed E-state index contributed by atoms with van der Waals surface area (Å²) in [5.74, 6) is 0.341. The molecule has 0 aliphatic carbocycles. The first kappa shape index (κ1) is 15.5. The predicted octanol–water partition coefficient (Wildman–Crippen LogP) is 1.19. The third kappa shape index (κ3) is 3.03. The number of nitrogens with zero attached hydrogens (tertiary/aromatic N) is 3. The molecule has 2 aliphatic heterocycles. The van der Waals surface area contributed by atoms with Crippen LogP contribution in [0.4, 0.5) is 0 Å². The molecular weight excluding hydrogens is 298 g/mol. The van der Waals surface area contributed by atoms with Crippen molar-refractivity contribution in [3.05, 3.63) is 21.9 Å². The average molecular weight is 321 g/mol. The Morgan fingerprint density at radius 3 is 2.55 bits per heavy atom. The Bertz CT molecular complexity index is 563. The highest BCUT2D eigenvalue weighted by molar-refractivity contribution is 7.10. The molecule has 1 aromatic rings. The number of piperazine rings is 1. The molecule has 0 radical (unpaired) electrons. The standard InChI is InChI=1S/C16H23N3O2S/c1-12(17-6-8-18(9-7-17)13(2)20)16(21)19-5-3-15-14(11-19)4-10-22-15/h4,10,12H,3,5-9,11H2,1-2H3/t12-/m1/s1. The maximum atomic E-state index is 12.8. The van der Waals surface area contributed by atoms with Crippen LogP contribution in [0.25, 0.3) is 0 Å². The van der Waals surface area contributed by atoms with Crippen molar-refractivity contribution >= 4 is 23.2 Å².